The van der Waals surface area contributed by atoms with Gasteiger partial charge in [0.1, 0.15) is 12.5 Å². The van der Waals surface area contributed by atoms with Gasteiger partial charge in [0.25, 0.3) is 11.8 Å². The summed E-state index contributed by atoms with van der Waals surface area (Å²) < 4.78 is 10.5. The highest BCUT2D eigenvalue weighted by molar-refractivity contribution is 6.42. The number of hydrogen-bond donors (Lipinski definition) is 0. The molecule has 186 valence electrons. The van der Waals surface area contributed by atoms with Crippen molar-refractivity contribution in [3.63, 3.8) is 0 Å². The van der Waals surface area contributed by atoms with E-state index in [0.29, 0.717) is 28.1 Å². The number of esters is 2. The van der Waals surface area contributed by atoms with E-state index in [2.05, 4.69) is 4.99 Å². The van der Waals surface area contributed by atoms with Crippen LogP contribution in [0.5, 0.6) is 0 Å². The van der Waals surface area contributed by atoms with Gasteiger partial charge in [-0.25, -0.2) is 4.79 Å². The molecule has 2 aliphatic heterocycles. The molecule has 2 heterocycles. The number of carbonyl (C=O) groups is 4. The molecule has 36 heavy (non-hydrogen) atoms. The van der Waals surface area contributed by atoms with Crippen molar-refractivity contribution < 1.29 is 28.7 Å². The normalized spacial score (nSPS) is 19.2. The predicted octanol–water partition coefficient (Wildman–Crippen LogP) is 4.45. The summed E-state index contributed by atoms with van der Waals surface area (Å²) in [6, 6.07) is 11.4. The van der Waals surface area contributed by atoms with Crippen molar-refractivity contribution in [1.29, 1.82) is 0 Å². The molecule has 2 amide bonds. The second-order valence-electron chi connectivity index (χ2n) is 8.32. The van der Waals surface area contributed by atoms with Crippen LogP contribution in [0.4, 0.5) is 0 Å². The van der Waals surface area contributed by atoms with Crippen molar-refractivity contribution in [2.75, 3.05) is 20.3 Å². The Balaban J connectivity index is 1.60. The molecule has 0 bridgehead atoms. The number of ether oxygens (including phenoxy) is 2. The van der Waals surface area contributed by atoms with Crippen LogP contribution < -0.4 is 0 Å². The number of amides is 2. The Labute approximate surface area is 217 Å². The van der Waals surface area contributed by atoms with Gasteiger partial charge in [-0.3, -0.25) is 24.3 Å². The number of fused-ring (bicyclic) bond motifs is 1. The third-order valence-electron chi connectivity index (χ3n) is 6.25. The highest BCUT2D eigenvalue weighted by Crippen LogP contribution is 2.44. The van der Waals surface area contributed by atoms with E-state index < -0.39 is 35.6 Å². The quantitative estimate of drug-likeness (QED) is 0.405. The summed E-state index contributed by atoms with van der Waals surface area (Å²) in [7, 11) is 1.25. The van der Waals surface area contributed by atoms with Gasteiger partial charge >= 0.3 is 11.9 Å². The van der Waals surface area contributed by atoms with Gasteiger partial charge < -0.3 is 9.47 Å². The largest absolute Gasteiger partial charge is 0.468 e. The molecule has 0 spiro atoms. The molecule has 0 aliphatic carbocycles. The van der Waals surface area contributed by atoms with Crippen molar-refractivity contribution in [3.05, 3.63) is 80.5 Å². The molecule has 2 aromatic rings. The number of benzene rings is 2. The minimum absolute atomic E-state index is 0.113. The number of hydrogen-bond acceptors (Lipinski definition) is 7. The number of methoxy groups -OCH3 is 1. The van der Waals surface area contributed by atoms with E-state index in [9.17, 15) is 19.2 Å². The summed E-state index contributed by atoms with van der Waals surface area (Å²) in [5, 5.41) is 0.450. The predicted molar refractivity (Wildman–Crippen MR) is 133 cm³/mol. The molecule has 8 nitrogen and oxygen atoms in total. The van der Waals surface area contributed by atoms with Crippen LogP contribution >= 0.6 is 23.2 Å². The summed E-state index contributed by atoms with van der Waals surface area (Å²) in [5.41, 5.74) is 1.97. The monoisotopic (exact) mass is 528 g/mol. The van der Waals surface area contributed by atoms with Gasteiger partial charge in [-0.1, -0.05) is 47.5 Å². The van der Waals surface area contributed by atoms with Gasteiger partial charge in [0, 0.05) is 17.3 Å². The fourth-order valence-electron chi connectivity index (χ4n) is 4.58. The first-order valence-electron chi connectivity index (χ1n) is 11.1. The first-order chi connectivity index (χ1) is 17.2. The average molecular weight is 529 g/mol. The van der Waals surface area contributed by atoms with E-state index in [1.807, 2.05) is 0 Å². The van der Waals surface area contributed by atoms with Crippen LogP contribution in [-0.4, -0.2) is 54.6 Å². The zero-order chi connectivity index (χ0) is 26.1. The van der Waals surface area contributed by atoms with Gasteiger partial charge in [-0.05, 0) is 37.6 Å². The Hall–Kier alpha value is -3.49. The zero-order valence-corrected chi connectivity index (χ0v) is 21.2. The first-order valence-corrected chi connectivity index (χ1v) is 11.8. The van der Waals surface area contributed by atoms with Gasteiger partial charge in [-0.2, -0.15) is 0 Å². The number of rotatable bonds is 6. The minimum Gasteiger partial charge on any atom is -0.468 e. The number of allylic oxidation sites excluding steroid dienone is 1. The summed E-state index contributed by atoms with van der Waals surface area (Å²) in [6.07, 6.45) is 0. The second-order valence-corrected chi connectivity index (χ2v) is 9.10. The topological polar surface area (TPSA) is 102 Å². The molecule has 2 unspecified atom stereocenters. The van der Waals surface area contributed by atoms with Gasteiger partial charge in [0.2, 0.25) is 0 Å². The Morgan fingerprint density at radius 3 is 2.25 bits per heavy atom. The molecule has 2 atom stereocenters. The van der Waals surface area contributed by atoms with E-state index >= 15 is 0 Å². The lowest BCUT2D eigenvalue weighted by Crippen LogP contribution is -2.37. The molecule has 4 rings (SSSR count). The summed E-state index contributed by atoms with van der Waals surface area (Å²) >= 11 is 12.7. The lowest BCUT2D eigenvalue weighted by atomic mass is 9.75. The number of aliphatic imine (C=N–C) groups is 1. The molecule has 10 heteroatoms. The lowest BCUT2D eigenvalue weighted by Gasteiger charge is -2.32. The molecule has 0 saturated carbocycles. The van der Waals surface area contributed by atoms with Gasteiger partial charge in [0.05, 0.1) is 40.4 Å². The van der Waals surface area contributed by atoms with Crippen molar-refractivity contribution in [1.82, 2.24) is 4.90 Å². The fourth-order valence-corrected chi connectivity index (χ4v) is 5.01. The summed E-state index contributed by atoms with van der Waals surface area (Å²) in [6.45, 7) is 2.92. The van der Waals surface area contributed by atoms with E-state index in [-0.39, 0.29) is 28.8 Å². The summed E-state index contributed by atoms with van der Waals surface area (Å²) in [4.78, 5) is 56.7. The van der Waals surface area contributed by atoms with Gasteiger partial charge in [0.15, 0.2) is 0 Å². The van der Waals surface area contributed by atoms with Crippen molar-refractivity contribution in [3.8, 4) is 0 Å². The van der Waals surface area contributed by atoms with Crippen LogP contribution in [0.2, 0.25) is 10.0 Å². The van der Waals surface area contributed by atoms with E-state index in [4.69, 9.17) is 32.7 Å². The Morgan fingerprint density at radius 2 is 1.64 bits per heavy atom. The molecule has 2 aromatic carbocycles. The molecule has 0 fully saturated rings. The molecular formula is C26H22Cl2N2O6. The maximum Gasteiger partial charge on any atom is 0.336 e. The third-order valence-corrected chi connectivity index (χ3v) is 7.08. The average Bonchev–Trinajstić information content (AvgIpc) is 3.09. The molecule has 0 saturated heterocycles. The van der Waals surface area contributed by atoms with Crippen LogP contribution in [0.25, 0.3) is 0 Å². The van der Waals surface area contributed by atoms with Crippen LogP contribution in [-0.2, 0) is 19.1 Å². The van der Waals surface area contributed by atoms with Crippen molar-refractivity contribution in [2.24, 2.45) is 10.9 Å². The highest BCUT2D eigenvalue weighted by atomic mass is 35.5. The van der Waals surface area contributed by atoms with E-state index in [1.165, 1.54) is 7.11 Å². The van der Waals surface area contributed by atoms with E-state index in [1.54, 1.807) is 56.3 Å². The Morgan fingerprint density at radius 1 is 1.00 bits per heavy atom. The maximum absolute atomic E-state index is 13.3. The Kier molecular flexibility index (Phi) is 7.28. The molecule has 0 N–H and O–H groups in total. The second kappa shape index (κ2) is 10.2. The third kappa shape index (κ3) is 4.42. The van der Waals surface area contributed by atoms with Crippen molar-refractivity contribution in [2.45, 2.75) is 19.8 Å². The highest BCUT2D eigenvalue weighted by Gasteiger charge is 2.43. The van der Waals surface area contributed by atoms with Crippen LogP contribution in [0.15, 0.2) is 58.7 Å². The molecular weight excluding hydrogens is 507 g/mol. The maximum atomic E-state index is 13.3. The fraction of sp³-hybridized carbons (Fsp3) is 0.269. The van der Waals surface area contributed by atoms with Crippen molar-refractivity contribution >= 4 is 52.7 Å². The number of halogens is 2. The summed E-state index contributed by atoms with van der Waals surface area (Å²) in [5.74, 6) is -4.05. The molecule has 0 radical (unpaired) electrons. The smallest absolute Gasteiger partial charge is 0.336 e. The SMILES string of the molecule is COC(=O)C1C(C)=NC(C)=C(C(=O)OCCN2C(=O)c3ccccc3C2=O)C1c1cccc(Cl)c1Cl. The van der Waals surface area contributed by atoms with Gasteiger partial charge in [-0.15, -0.1) is 0 Å². The van der Waals surface area contributed by atoms with Crippen LogP contribution in [0.3, 0.4) is 0 Å². The minimum atomic E-state index is -0.937. The zero-order valence-electron chi connectivity index (χ0n) is 19.7. The van der Waals surface area contributed by atoms with Crippen LogP contribution in [0.1, 0.15) is 46.0 Å². The molecule has 0 aromatic heterocycles. The van der Waals surface area contributed by atoms with E-state index in [0.717, 1.165) is 4.90 Å². The molecule has 2 aliphatic rings. The number of carbonyl (C=O) groups excluding carboxylic acids is 4. The lowest BCUT2D eigenvalue weighted by molar-refractivity contribution is -0.144. The standard InChI is InChI=1S/C26H22Cl2N2O6/c1-13-19(25(33)35-3)21(17-9-6-10-18(27)22(17)28)20(14(2)29-13)26(34)36-12-11-30-23(31)15-7-4-5-8-16(15)24(30)32/h4-10,19,21H,11-12H2,1-3H3. The Bertz CT molecular complexity index is 1310. The first kappa shape index (κ1) is 25.6. The number of nitrogens with zero attached hydrogens (tertiary/aromatic N) is 2. The number of imide groups is 1. The van der Waals surface area contributed by atoms with Crippen LogP contribution in [0, 0.1) is 5.92 Å².